The number of anilines is 1. The van der Waals surface area contributed by atoms with Crippen molar-refractivity contribution in [2.45, 2.75) is 43.9 Å². The second-order valence-electron chi connectivity index (χ2n) is 10.6. The maximum absolute atomic E-state index is 14.9. The maximum atomic E-state index is 14.9. The monoisotopic (exact) mass is 536 g/mol. The molecule has 3 aromatic rings. The molecule has 2 aromatic heterocycles. The van der Waals surface area contributed by atoms with E-state index in [2.05, 4.69) is 27.4 Å². The Balaban J connectivity index is 1.21. The Labute approximate surface area is 223 Å². The van der Waals surface area contributed by atoms with Crippen LogP contribution >= 0.6 is 0 Å². The lowest BCUT2D eigenvalue weighted by molar-refractivity contribution is -0.125. The van der Waals surface area contributed by atoms with Gasteiger partial charge in [-0.25, -0.2) is 9.37 Å². The fraction of sp³-hybridized carbons (Fsp3) is 0.444. The minimum Gasteiger partial charge on any atom is -0.494 e. The number of carbonyl (C=O) groups is 2. The molecule has 6 heterocycles. The summed E-state index contributed by atoms with van der Waals surface area (Å²) >= 11 is 0. The van der Waals surface area contributed by atoms with E-state index in [9.17, 15) is 19.1 Å². The molecule has 12 heteroatoms. The number of halogens is 1. The minimum atomic E-state index is -1.60. The van der Waals surface area contributed by atoms with Gasteiger partial charge in [-0.1, -0.05) is 13.0 Å². The number of aromatic nitrogens is 1. The number of nitrogens with zero attached hydrogens (tertiary/aromatic N) is 4. The SMILES string of the molecule is CCN1CC2CC1CN2c1ccc2oc(C3(CN4Cc5ccc(OC)c(F)c5C4=O)NC(O)NC3=O)cc2n1. The Morgan fingerprint density at radius 2 is 2.08 bits per heavy atom. The number of furan rings is 1. The van der Waals surface area contributed by atoms with Crippen LogP contribution in [0, 0.1) is 5.82 Å². The van der Waals surface area contributed by atoms with E-state index in [1.54, 1.807) is 12.1 Å². The van der Waals surface area contributed by atoms with Gasteiger partial charge in [-0.15, -0.1) is 0 Å². The van der Waals surface area contributed by atoms with Crippen molar-refractivity contribution < 1.29 is 28.2 Å². The van der Waals surface area contributed by atoms with Gasteiger partial charge in [0.15, 0.2) is 29.0 Å². The highest BCUT2D eigenvalue weighted by Crippen LogP contribution is 2.38. The molecule has 0 spiro atoms. The molecule has 3 N–H and O–H groups in total. The van der Waals surface area contributed by atoms with E-state index in [0.29, 0.717) is 28.7 Å². The molecular weight excluding hydrogens is 507 g/mol. The van der Waals surface area contributed by atoms with E-state index >= 15 is 0 Å². The van der Waals surface area contributed by atoms with Crippen LogP contribution in [-0.2, 0) is 16.9 Å². The quantitative estimate of drug-likeness (QED) is 0.425. The molecule has 0 aliphatic carbocycles. The number of fused-ring (bicyclic) bond motifs is 4. The predicted molar refractivity (Wildman–Crippen MR) is 137 cm³/mol. The number of aliphatic hydroxyl groups excluding tert-OH is 1. The molecule has 4 atom stereocenters. The van der Waals surface area contributed by atoms with Crippen molar-refractivity contribution in [1.82, 2.24) is 25.4 Å². The number of ether oxygens (including phenoxy) is 1. The number of piperazine rings is 1. The number of aliphatic hydroxyl groups is 1. The Bertz CT molecular complexity index is 1510. The third-order valence-corrected chi connectivity index (χ3v) is 8.58. The first-order valence-electron chi connectivity index (χ1n) is 13.1. The van der Waals surface area contributed by atoms with Crippen LogP contribution in [0.3, 0.4) is 0 Å². The molecule has 2 bridgehead atoms. The molecule has 11 nitrogen and oxygen atoms in total. The van der Waals surface area contributed by atoms with Gasteiger partial charge in [-0.05, 0) is 36.7 Å². The van der Waals surface area contributed by atoms with E-state index in [1.165, 1.54) is 18.1 Å². The van der Waals surface area contributed by atoms with E-state index < -0.39 is 29.5 Å². The fourth-order valence-corrected chi connectivity index (χ4v) is 6.63. The molecule has 1 aromatic carbocycles. The summed E-state index contributed by atoms with van der Waals surface area (Å²) in [6.07, 6.45) is -0.235. The molecule has 3 saturated heterocycles. The van der Waals surface area contributed by atoms with Crippen LogP contribution in [0.25, 0.3) is 11.1 Å². The van der Waals surface area contributed by atoms with Crippen molar-refractivity contribution >= 4 is 28.7 Å². The van der Waals surface area contributed by atoms with Crippen molar-refractivity contribution in [3.63, 3.8) is 0 Å². The largest absolute Gasteiger partial charge is 0.494 e. The lowest BCUT2D eigenvalue weighted by Crippen LogP contribution is -2.53. The van der Waals surface area contributed by atoms with Crippen molar-refractivity contribution in [2.75, 3.05) is 38.2 Å². The van der Waals surface area contributed by atoms with Gasteiger partial charge in [0.2, 0.25) is 0 Å². The van der Waals surface area contributed by atoms with Gasteiger partial charge in [0.05, 0.1) is 19.2 Å². The van der Waals surface area contributed by atoms with Crippen molar-refractivity contribution in [3.8, 4) is 5.75 Å². The first-order chi connectivity index (χ1) is 18.8. The summed E-state index contributed by atoms with van der Waals surface area (Å²) < 4.78 is 26.1. The number of hydrogen-bond donors (Lipinski definition) is 3. The van der Waals surface area contributed by atoms with E-state index in [1.807, 2.05) is 12.1 Å². The van der Waals surface area contributed by atoms with Gasteiger partial charge >= 0.3 is 0 Å². The highest BCUT2D eigenvalue weighted by molar-refractivity contribution is 6.00. The highest BCUT2D eigenvalue weighted by atomic mass is 19.1. The zero-order valence-corrected chi connectivity index (χ0v) is 21.6. The summed E-state index contributed by atoms with van der Waals surface area (Å²) in [6, 6.07) is 9.48. The molecule has 4 unspecified atom stereocenters. The number of nitrogens with one attached hydrogen (secondary N) is 2. The van der Waals surface area contributed by atoms with Crippen LogP contribution < -0.4 is 20.3 Å². The Morgan fingerprint density at radius 3 is 2.77 bits per heavy atom. The summed E-state index contributed by atoms with van der Waals surface area (Å²) in [7, 11) is 1.33. The molecule has 0 radical (unpaired) electrons. The average molecular weight is 537 g/mol. The number of likely N-dealkylation sites (N-methyl/N-ethyl adjacent to an activating group) is 1. The van der Waals surface area contributed by atoms with E-state index in [0.717, 1.165) is 31.9 Å². The lowest BCUT2D eigenvalue weighted by Gasteiger charge is -2.34. The Hall–Kier alpha value is -3.74. The topological polar surface area (TPSA) is 123 Å². The number of pyridine rings is 1. The number of methoxy groups -OCH3 is 1. The predicted octanol–water partition coefficient (Wildman–Crippen LogP) is 1.10. The number of amides is 2. The van der Waals surface area contributed by atoms with Gasteiger partial charge in [0.25, 0.3) is 11.8 Å². The first-order valence-corrected chi connectivity index (χ1v) is 13.1. The van der Waals surface area contributed by atoms with Crippen LogP contribution in [0.1, 0.15) is 35.0 Å². The van der Waals surface area contributed by atoms with Gasteiger partial charge < -0.3 is 29.4 Å². The molecule has 0 saturated carbocycles. The second kappa shape index (κ2) is 8.63. The van der Waals surface area contributed by atoms with Crippen LogP contribution in [0.15, 0.2) is 34.7 Å². The van der Waals surface area contributed by atoms with Gasteiger partial charge in [0.1, 0.15) is 17.1 Å². The molecule has 2 amide bonds. The molecule has 7 rings (SSSR count). The van der Waals surface area contributed by atoms with Gasteiger partial charge in [-0.2, -0.15) is 0 Å². The summed E-state index contributed by atoms with van der Waals surface area (Å²) in [5.41, 5.74) is -0.145. The van der Waals surface area contributed by atoms with E-state index in [-0.39, 0.29) is 30.2 Å². The van der Waals surface area contributed by atoms with Crippen LogP contribution in [0.2, 0.25) is 0 Å². The Kier molecular flexibility index (Phi) is 5.38. The third-order valence-electron chi connectivity index (χ3n) is 8.58. The van der Waals surface area contributed by atoms with Crippen LogP contribution in [-0.4, -0.2) is 83.4 Å². The minimum absolute atomic E-state index is 0.0291. The Morgan fingerprint density at radius 1 is 1.23 bits per heavy atom. The van der Waals surface area contributed by atoms with Crippen molar-refractivity contribution in [1.29, 1.82) is 0 Å². The smallest absolute Gasteiger partial charge is 0.257 e. The number of likely N-dealkylation sites (tertiary alicyclic amines) is 1. The molecule has 3 fully saturated rings. The van der Waals surface area contributed by atoms with Gasteiger partial charge in [0, 0.05) is 37.8 Å². The third kappa shape index (κ3) is 3.55. The molecule has 39 heavy (non-hydrogen) atoms. The average Bonchev–Trinajstić information content (AvgIpc) is 3.73. The standard InChI is InChI=1S/C27H29FN6O5/c1-3-32-11-16-8-15(32)12-34(16)21-7-6-18-17(29-21)9-20(39-18)27(25(36)30-26(37)31-27)13-33-10-14-4-5-19(38-2)23(28)22(14)24(33)35/h4-7,9,15-16,26,31,37H,3,8,10-13H2,1-2H3,(H,30,36). The fourth-order valence-electron chi connectivity index (χ4n) is 6.63. The molecular formula is C27H29FN6O5. The van der Waals surface area contributed by atoms with Gasteiger partial charge in [-0.3, -0.25) is 19.8 Å². The number of benzene rings is 1. The van der Waals surface area contributed by atoms with E-state index in [4.69, 9.17) is 14.1 Å². The van der Waals surface area contributed by atoms with Crippen LogP contribution in [0.5, 0.6) is 5.75 Å². The maximum Gasteiger partial charge on any atom is 0.257 e. The normalized spacial score (nSPS) is 28.2. The summed E-state index contributed by atoms with van der Waals surface area (Å²) in [4.78, 5) is 37.6. The summed E-state index contributed by atoms with van der Waals surface area (Å²) in [6.45, 7) is 5.06. The van der Waals surface area contributed by atoms with Crippen LogP contribution in [0.4, 0.5) is 10.2 Å². The number of rotatable bonds is 6. The summed E-state index contributed by atoms with van der Waals surface area (Å²) in [5.74, 6) is -0.841. The zero-order valence-electron chi connectivity index (χ0n) is 21.6. The molecule has 4 aliphatic rings. The second-order valence-corrected chi connectivity index (χ2v) is 10.6. The molecule has 4 aliphatic heterocycles. The first kappa shape index (κ1) is 24.3. The highest BCUT2D eigenvalue weighted by Gasteiger charge is 2.53. The molecule has 204 valence electrons. The lowest BCUT2D eigenvalue weighted by atomic mass is 9.95. The van der Waals surface area contributed by atoms with Crippen molar-refractivity contribution in [3.05, 3.63) is 53.0 Å². The van der Waals surface area contributed by atoms with Crippen molar-refractivity contribution in [2.24, 2.45) is 0 Å². The summed E-state index contributed by atoms with van der Waals surface area (Å²) in [5, 5.41) is 15.6. The number of hydrogen-bond acceptors (Lipinski definition) is 9. The number of carbonyl (C=O) groups excluding carboxylic acids is 2. The zero-order chi connectivity index (χ0) is 27.1.